The summed E-state index contributed by atoms with van der Waals surface area (Å²) in [6.07, 6.45) is 12.4. The van der Waals surface area contributed by atoms with Crippen LogP contribution in [0, 0.1) is 23.5 Å². The van der Waals surface area contributed by atoms with Gasteiger partial charge in [0.15, 0.2) is 11.6 Å². The van der Waals surface area contributed by atoms with Gasteiger partial charge in [-0.05, 0) is 147 Å². The number of amides is 2. The van der Waals surface area contributed by atoms with Crippen LogP contribution in [0.4, 0.5) is 20.2 Å². The summed E-state index contributed by atoms with van der Waals surface area (Å²) in [4.78, 5) is 49.1. The Hall–Kier alpha value is -7.20. The number of likely N-dealkylation sites (tertiary alicyclic amines) is 1. The standard InChI is InChI=1S/C66H81F2N9O2.C3H8/c1-10-20-61(79)74-63(42(7)8)56(12-3)76-34-19-25-59(76)66-70-53-29-27-48(38-55(53)72-66)58-31-30-57(77(58)49-39-50(67)64(51(68)40-49)75-35-32-46(33-36-75)45-23-15-14-16-24-45)47-26-28-52-54(37-47)71-65(69-52)43(9)21-17-18-22-44(11-2)62(41(5)6)73-60(78)13-4;1-3-2/h13-16,23-24,26-29,37-43,46,57-59,62-63H,2-4,10,17-22,25,30-36H2,1,5-9H3,(H,69,71)(H,70,72)(H,73,78)(H,74,79);3H2,1-2H3/t43-,57+,58+,59-,62-,63-;/m0./s1. The number of halogens is 2. The molecule has 436 valence electrons. The second kappa shape index (κ2) is 28.2. The lowest BCUT2D eigenvalue weighted by Gasteiger charge is -2.36. The quantitative estimate of drug-likeness (QED) is 0.0303. The number of aromatic amines is 2. The molecule has 0 spiro atoms. The highest BCUT2D eigenvalue weighted by Gasteiger charge is 2.39. The van der Waals surface area contributed by atoms with Crippen molar-refractivity contribution in [1.82, 2.24) is 35.5 Å². The number of carbonyl (C=O) groups is 2. The van der Waals surface area contributed by atoms with Crippen molar-refractivity contribution in [2.75, 3.05) is 29.4 Å². The predicted octanol–water partition coefficient (Wildman–Crippen LogP) is 16.0. The Bertz CT molecular complexity index is 3230. The van der Waals surface area contributed by atoms with Crippen molar-refractivity contribution in [3.63, 3.8) is 0 Å². The molecule has 5 heterocycles. The van der Waals surface area contributed by atoms with Crippen molar-refractivity contribution in [2.24, 2.45) is 11.8 Å². The summed E-state index contributed by atoms with van der Waals surface area (Å²) in [7, 11) is 0. The molecule has 0 bridgehead atoms. The summed E-state index contributed by atoms with van der Waals surface area (Å²) >= 11 is 0. The van der Waals surface area contributed by atoms with E-state index < -0.39 is 11.6 Å². The first kappa shape index (κ1) is 60.9. The van der Waals surface area contributed by atoms with Crippen LogP contribution in [0.2, 0.25) is 0 Å². The third kappa shape index (κ3) is 14.0. The molecule has 2 amide bonds. The summed E-state index contributed by atoms with van der Waals surface area (Å²) in [6.45, 7) is 30.4. The number of anilines is 2. The Kier molecular flexibility index (Phi) is 20.9. The Morgan fingerprint density at radius 2 is 1.34 bits per heavy atom. The average molecular weight is 1110 g/mol. The number of unbranched alkanes of at least 4 members (excludes halogenated alkanes) is 1. The molecule has 3 saturated heterocycles. The van der Waals surface area contributed by atoms with Gasteiger partial charge in [0.1, 0.15) is 17.3 Å². The fraction of sp³-hybridized carbons (Fsp3) is 0.478. The van der Waals surface area contributed by atoms with Gasteiger partial charge in [-0.2, -0.15) is 0 Å². The fourth-order valence-electron chi connectivity index (χ4n) is 12.8. The van der Waals surface area contributed by atoms with Crippen molar-refractivity contribution < 1.29 is 18.4 Å². The first-order valence-electron chi connectivity index (χ1n) is 30.4. The lowest BCUT2D eigenvalue weighted by atomic mass is 9.89. The zero-order valence-electron chi connectivity index (χ0n) is 50.0. The van der Waals surface area contributed by atoms with Gasteiger partial charge < -0.3 is 35.3 Å². The van der Waals surface area contributed by atoms with Gasteiger partial charge in [-0.3, -0.25) is 9.59 Å². The molecule has 6 atom stereocenters. The molecule has 3 aliphatic rings. The van der Waals surface area contributed by atoms with E-state index in [0.717, 1.165) is 133 Å². The first-order valence-corrected chi connectivity index (χ1v) is 30.4. The molecule has 0 aliphatic carbocycles. The maximum Gasteiger partial charge on any atom is 0.243 e. The number of imidazole rings is 2. The van der Waals surface area contributed by atoms with Crippen LogP contribution in [0.25, 0.3) is 22.1 Å². The predicted molar refractivity (Wildman–Crippen MR) is 332 cm³/mol. The highest BCUT2D eigenvalue weighted by atomic mass is 19.1. The van der Waals surface area contributed by atoms with E-state index in [4.69, 9.17) is 9.97 Å². The van der Waals surface area contributed by atoms with Crippen LogP contribution in [-0.2, 0) is 9.59 Å². The van der Waals surface area contributed by atoms with Crippen LogP contribution in [0.5, 0.6) is 0 Å². The van der Waals surface area contributed by atoms with Crippen molar-refractivity contribution >= 4 is 45.3 Å². The van der Waals surface area contributed by atoms with Gasteiger partial charge in [-0.1, -0.05) is 130 Å². The SMILES string of the molecule is C=C=C(CCCC[C@H](C)c1nc2ccc([C@H]3CC[C@H](c4ccc5nc([C@@H]6CCCN6C(=C=C)[C@@H](NC(=O)CCC)C(C)C)[nH]c5c4)N3c3cc(F)c(N4CCC(c5ccccc5)CC4)c(F)c3)cc2[nH]1)[C@@H](NC(=O)C=C)C(C)C.CCC. The molecule has 9 rings (SSSR count). The van der Waals surface area contributed by atoms with E-state index in [1.165, 1.54) is 18.1 Å². The smallest absolute Gasteiger partial charge is 0.243 e. The highest BCUT2D eigenvalue weighted by Crippen LogP contribution is 2.49. The molecule has 2 aromatic heterocycles. The van der Waals surface area contributed by atoms with E-state index >= 15 is 8.78 Å². The molecule has 3 aliphatic heterocycles. The van der Waals surface area contributed by atoms with Crippen molar-refractivity contribution in [1.29, 1.82) is 0 Å². The number of hydrogen-bond donors (Lipinski definition) is 4. The molecule has 11 nitrogen and oxygen atoms in total. The number of piperidine rings is 1. The lowest BCUT2D eigenvalue weighted by molar-refractivity contribution is -0.122. The molecule has 0 unspecified atom stereocenters. The summed E-state index contributed by atoms with van der Waals surface area (Å²) in [5.74, 6) is 1.33. The van der Waals surface area contributed by atoms with Crippen LogP contribution in [-0.4, -0.2) is 68.4 Å². The van der Waals surface area contributed by atoms with Crippen LogP contribution >= 0.6 is 0 Å². The summed E-state index contributed by atoms with van der Waals surface area (Å²) in [6, 6.07) is 25.4. The van der Waals surface area contributed by atoms with Crippen LogP contribution in [0.1, 0.15) is 197 Å². The van der Waals surface area contributed by atoms with Crippen LogP contribution < -0.4 is 20.4 Å². The summed E-state index contributed by atoms with van der Waals surface area (Å²) in [5, 5.41) is 6.31. The molecule has 82 heavy (non-hydrogen) atoms. The Morgan fingerprint density at radius 1 is 0.720 bits per heavy atom. The lowest BCUT2D eigenvalue weighted by Crippen LogP contribution is -2.44. The van der Waals surface area contributed by atoms with E-state index in [2.05, 4.69) is 171 Å². The number of rotatable bonds is 22. The Balaban J connectivity index is 0.00000287. The zero-order valence-corrected chi connectivity index (χ0v) is 50.0. The second-order valence-corrected chi connectivity index (χ2v) is 23.7. The number of nitrogens with one attached hydrogen (secondary N) is 4. The maximum absolute atomic E-state index is 16.9. The van der Waals surface area contributed by atoms with E-state index in [-0.39, 0.29) is 65.5 Å². The average Bonchev–Trinajstić information content (AvgIpc) is 3.65. The minimum atomic E-state index is -0.552. The van der Waals surface area contributed by atoms with Crippen molar-refractivity contribution in [3.05, 3.63) is 167 Å². The Morgan fingerprint density at radius 3 is 1.93 bits per heavy atom. The number of nitrogens with zero attached hydrogens (tertiary/aromatic N) is 5. The fourth-order valence-corrected chi connectivity index (χ4v) is 12.8. The largest absolute Gasteiger partial charge is 0.367 e. The molecular weight excluding hydrogens is 1020 g/mol. The number of H-pyrrole nitrogens is 2. The number of benzene rings is 4. The topological polar surface area (TPSA) is 125 Å². The van der Waals surface area contributed by atoms with Gasteiger partial charge >= 0.3 is 0 Å². The monoisotopic (exact) mass is 1110 g/mol. The molecule has 4 aromatic carbocycles. The number of fused-ring (bicyclic) bond motifs is 2. The number of aromatic nitrogens is 4. The van der Waals surface area contributed by atoms with E-state index in [1.54, 1.807) is 12.1 Å². The van der Waals surface area contributed by atoms with Gasteiger partial charge in [0.05, 0.1) is 58.0 Å². The maximum atomic E-state index is 16.9. The number of hydrogen-bond acceptors (Lipinski definition) is 7. The Labute approximate surface area is 486 Å². The number of carbonyl (C=O) groups excluding carboxylic acids is 2. The summed E-state index contributed by atoms with van der Waals surface area (Å²) < 4.78 is 33.8. The van der Waals surface area contributed by atoms with E-state index in [0.29, 0.717) is 31.1 Å². The van der Waals surface area contributed by atoms with E-state index in [1.807, 2.05) is 17.9 Å². The third-order valence-electron chi connectivity index (χ3n) is 17.0. The molecule has 6 aromatic rings. The van der Waals surface area contributed by atoms with Crippen molar-refractivity contribution in [2.45, 2.75) is 181 Å². The minimum Gasteiger partial charge on any atom is -0.367 e. The molecule has 4 N–H and O–H groups in total. The normalized spacial score (nSPS) is 18.5. The van der Waals surface area contributed by atoms with E-state index in [9.17, 15) is 9.59 Å². The van der Waals surface area contributed by atoms with Crippen LogP contribution in [0.3, 0.4) is 0 Å². The van der Waals surface area contributed by atoms with Gasteiger partial charge in [-0.25, -0.2) is 18.7 Å². The molecule has 3 fully saturated rings. The second-order valence-electron chi connectivity index (χ2n) is 23.7. The van der Waals surface area contributed by atoms with Crippen molar-refractivity contribution in [3.8, 4) is 0 Å². The molecule has 0 saturated carbocycles. The first-order chi connectivity index (χ1) is 39.6. The molecule has 13 heteroatoms. The third-order valence-corrected chi connectivity index (χ3v) is 17.0. The zero-order chi connectivity index (χ0) is 58.6. The van der Waals surface area contributed by atoms with Gasteiger partial charge in [-0.15, -0.1) is 11.5 Å². The van der Waals surface area contributed by atoms with Gasteiger partial charge in [0.2, 0.25) is 11.8 Å². The minimum absolute atomic E-state index is 0.0239. The van der Waals surface area contributed by atoms with Gasteiger partial charge in [0, 0.05) is 37.7 Å². The highest BCUT2D eigenvalue weighted by molar-refractivity contribution is 5.87. The molecule has 0 radical (unpaired) electrons. The molecular formula is C69H89F2N9O2. The van der Waals surface area contributed by atoms with Gasteiger partial charge in [0.25, 0.3) is 0 Å². The van der Waals surface area contributed by atoms with Crippen LogP contribution in [0.15, 0.2) is 127 Å². The summed E-state index contributed by atoms with van der Waals surface area (Å²) in [5.41, 5.74) is 15.6.